The number of carbonyl (C=O) groups excluding carboxylic acids is 1. The zero-order valence-corrected chi connectivity index (χ0v) is 16.1. The maximum atomic E-state index is 12.2. The highest BCUT2D eigenvalue weighted by Crippen LogP contribution is 2.31. The molecule has 0 saturated heterocycles. The van der Waals surface area contributed by atoms with Crippen LogP contribution in [0.1, 0.15) is 111 Å². The van der Waals surface area contributed by atoms with Crippen molar-refractivity contribution in [3.8, 4) is 0 Å². The molecule has 1 aliphatic rings. The van der Waals surface area contributed by atoms with Gasteiger partial charge >= 0.3 is 0 Å². The number of hydrogen-bond acceptors (Lipinski definition) is 1. The van der Waals surface area contributed by atoms with Gasteiger partial charge in [-0.3, -0.25) is 4.79 Å². The molecule has 0 unspecified atom stereocenters. The highest BCUT2D eigenvalue weighted by molar-refractivity contribution is 5.76. The molecule has 1 aliphatic carbocycles. The van der Waals surface area contributed by atoms with Gasteiger partial charge in [-0.15, -0.1) is 0 Å². The lowest BCUT2D eigenvalue weighted by Gasteiger charge is -2.37. The van der Waals surface area contributed by atoms with Crippen LogP contribution < -0.4 is 0 Å². The van der Waals surface area contributed by atoms with E-state index in [1.165, 1.54) is 77.0 Å². The lowest BCUT2D eigenvalue weighted by atomic mass is 9.82. The summed E-state index contributed by atoms with van der Waals surface area (Å²) in [5.41, 5.74) is 0. The van der Waals surface area contributed by atoms with Gasteiger partial charge in [-0.25, -0.2) is 0 Å². The van der Waals surface area contributed by atoms with Gasteiger partial charge in [-0.2, -0.15) is 0 Å². The van der Waals surface area contributed by atoms with E-state index >= 15 is 0 Å². The minimum absolute atomic E-state index is 0.373. The number of nitrogens with zero attached hydrogens (tertiary/aromatic N) is 1. The van der Waals surface area contributed by atoms with Gasteiger partial charge in [0.15, 0.2) is 0 Å². The molecule has 0 radical (unpaired) electrons. The van der Waals surface area contributed by atoms with E-state index in [-0.39, 0.29) is 0 Å². The van der Waals surface area contributed by atoms with Gasteiger partial charge in [0.05, 0.1) is 0 Å². The average Bonchev–Trinajstić information content (AvgIpc) is 2.59. The molecule has 1 rings (SSSR count). The molecule has 0 heterocycles. The molecule has 0 atom stereocenters. The monoisotopic (exact) mass is 323 g/mol. The maximum Gasteiger partial charge on any atom is 0.222 e. The van der Waals surface area contributed by atoms with Crippen molar-refractivity contribution in [2.75, 3.05) is 6.54 Å². The molecular weight excluding hydrogens is 282 g/mol. The number of unbranched alkanes of at least 4 members (excludes halogenated alkanes) is 6. The molecule has 1 fully saturated rings. The third-order valence-electron chi connectivity index (χ3n) is 5.60. The SMILES string of the molecule is CCCCCCCCC1CCC(N(CCCC)C(=O)CC)CC1. The van der Waals surface area contributed by atoms with E-state index in [0.717, 1.165) is 18.9 Å². The maximum absolute atomic E-state index is 12.2. The molecule has 0 aliphatic heterocycles. The highest BCUT2D eigenvalue weighted by Gasteiger charge is 2.27. The summed E-state index contributed by atoms with van der Waals surface area (Å²) < 4.78 is 0. The Kier molecular flexibility index (Phi) is 11.5. The summed E-state index contributed by atoms with van der Waals surface area (Å²) >= 11 is 0. The van der Waals surface area contributed by atoms with Crippen LogP contribution in [0.15, 0.2) is 0 Å². The van der Waals surface area contributed by atoms with E-state index in [9.17, 15) is 4.79 Å². The zero-order valence-electron chi connectivity index (χ0n) is 16.1. The third kappa shape index (κ3) is 8.22. The number of carbonyl (C=O) groups is 1. The Morgan fingerprint density at radius 2 is 1.43 bits per heavy atom. The average molecular weight is 324 g/mol. The molecule has 0 bridgehead atoms. The van der Waals surface area contributed by atoms with Gasteiger partial charge in [0, 0.05) is 19.0 Å². The van der Waals surface area contributed by atoms with Gasteiger partial charge in [-0.1, -0.05) is 72.1 Å². The fraction of sp³-hybridized carbons (Fsp3) is 0.952. The molecule has 136 valence electrons. The van der Waals surface area contributed by atoms with Crippen molar-refractivity contribution in [3.05, 3.63) is 0 Å². The van der Waals surface area contributed by atoms with Crippen LogP contribution in [0.3, 0.4) is 0 Å². The summed E-state index contributed by atoms with van der Waals surface area (Å²) in [7, 11) is 0. The van der Waals surface area contributed by atoms with Crippen LogP contribution in [0.2, 0.25) is 0 Å². The molecular formula is C21H41NO. The van der Waals surface area contributed by atoms with Crippen LogP contribution in [0.25, 0.3) is 0 Å². The second kappa shape index (κ2) is 12.8. The largest absolute Gasteiger partial charge is 0.340 e. The van der Waals surface area contributed by atoms with Crippen LogP contribution >= 0.6 is 0 Å². The van der Waals surface area contributed by atoms with Gasteiger partial charge < -0.3 is 4.90 Å². The Balaban J connectivity index is 2.23. The highest BCUT2D eigenvalue weighted by atomic mass is 16.2. The zero-order chi connectivity index (χ0) is 16.9. The van der Waals surface area contributed by atoms with E-state index in [1.54, 1.807) is 0 Å². The van der Waals surface area contributed by atoms with Crippen molar-refractivity contribution in [1.82, 2.24) is 4.90 Å². The molecule has 1 saturated carbocycles. The second-order valence-corrected chi connectivity index (χ2v) is 7.53. The number of hydrogen-bond donors (Lipinski definition) is 0. The molecule has 0 aromatic heterocycles. The first-order chi connectivity index (χ1) is 11.2. The normalized spacial score (nSPS) is 21.3. The minimum Gasteiger partial charge on any atom is -0.340 e. The van der Waals surface area contributed by atoms with Crippen LogP contribution in [0.4, 0.5) is 0 Å². The first-order valence-corrected chi connectivity index (χ1v) is 10.5. The van der Waals surface area contributed by atoms with E-state index in [1.807, 2.05) is 6.92 Å². The minimum atomic E-state index is 0.373. The van der Waals surface area contributed by atoms with Crippen molar-refractivity contribution in [2.24, 2.45) is 5.92 Å². The Hall–Kier alpha value is -0.530. The van der Waals surface area contributed by atoms with E-state index in [2.05, 4.69) is 18.7 Å². The van der Waals surface area contributed by atoms with Crippen molar-refractivity contribution in [2.45, 2.75) is 117 Å². The summed E-state index contributed by atoms with van der Waals surface area (Å²) in [6.07, 6.45) is 18.1. The summed E-state index contributed by atoms with van der Waals surface area (Å²) in [6, 6.07) is 0.537. The Morgan fingerprint density at radius 3 is 2.04 bits per heavy atom. The molecule has 0 spiro atoms. The lowest BCUT2D eigenvalue weighted by molar-refractivity contribution is -0.134. The van der Waals surface area contributed by atoms with Crippen LogP contribution in [-0.4, -0.2) is 23.4 Å². The van der Waals surface area contributed by atoms with E-state index in [0.29, 0.717) is 18.4 Å². The van der Waals surface area contributed by atoms with Crippen molar-refractivity contribution in [1.29, 1.82) is 0 Å². The summed E-state index contributed by atoms with van der Waals surface area (Å²) in [5.74, 6) is 1.31. The number of rotatable bonds is 12. The van der Waals surface area contributed by atoms with Gasteiger partial charge in [0.1, 0.15) is 0 Å². The standard InChI is InChI=1S/C21H41NO/c1-4-7-9-10-11-12-13-19-14-16-20(17-15-19)22(18-8-5-2)21(23)6-3/h19-20H,4-18H2,1-3H3. The predicted molar refractivity (Wildman–Crippen MR) is 101 cm³/mol. The topological polar surface area (TPSA) is 20.3 Å². The summed E-state index contributed by atoms with van der Waals surface area (Å²) in [5, 5.41) is 0. The summed E-state index contributed by atoms with van der Waals surface area (Å²) in [6.45, 7) is 7.49. The smallest absolute Gasteiger partial charge is 0.222 e. The first-order valence-electron chi connectivity index (χ1n) is 10.5. The molecule has 2 heteroatoms. The summed E-state index contributed by atoms with van der Waals surface area (Å²) in [4.78, 5) is 14.4. The van der Waals surface area contributed by atoms with Gasteiger partial charge in [0.2, 0.25) is 5.91 Å². The van der Waals surface area contributed by atoms with E-state index < -0.39 is 0 Å². The molecule has 23 heavy (non-hydrogen) atoms. The van der Waals surface area contributed by atoms with Gasteiger partial charge in [0.25, 0.3) is 0 Å². The Morgan fingerprint density at radius 1 is 0.826 bits per heavy atom. The first kappa shape index (κ1) is 20.5. The lowest BCUT2D eigenvalue weighted by Crippen LogP contribution is -2.42. The van der Waals surface area contributed by atoms with Crippen molar-refractivity contribution >= 4 is 5.91 Å². The molecule has 0 aromatic carbocycles. The molecule has 2 nitrogen and oxygen atoms in total. The van der Waals surface area contributed by atoms with Crippen LogP contribution in [0.5, 0.6) is 0 Å². The Bertz CT molecular complexity index is 294. The van der Waals surface area contributed by atoms with Gasteiger partial charge in [-0.05, 0) is 38.0 Å². The van der Waals surface area contributed by atoms with Crippen molar-refractivity contribution < 1.29 is 4.79 Å². The Labute approximate surface area is 145 Å². The van der Waals surface area contributed by atoms with Crippen LogP contribution in [-0.2, 0) is 4.79 Å². The third-order valence-corrected chi connectivity index (χ3v) is 5.60. The number of amides is 1. The molecule has 1 amide bonds. The molecule has 0 N–H and O–H groups in total. The fourth-order valence-corrected chi connectivity index (χ4v) is 4.00. The predicted octanol–water partition coefficient (Wildman–Crippen LogP) is 6.33. The quantitative estimate of drug-likeness (QED) is 0.384. The molecule has 0 aromatic rings. The van der Waals surface area contributed by atoms with E-state index in [4.69, 9.17) is 0 Å². The second-order valence-electron chi connectivity index (χ2n) is 7.53. The van der Waals surface area contributed by atoms with Crippen LogP contribution in [0, 0.1) is 5.92 Å². The van der Waals surface area contributed by atoms with Crippen molar-refractivity contribution in [3.63, 3.8) is 0 Å². The fourth-order valence-electron chi connectivity index (χ4n) is 4.00.